The van der Waals surface area contributed by atoms with Crippen molar-refractivity contribution in [3.63, 3.8) is 0 Å². The van der Waals surface area contributed by atoms with E-state index in [-0.39, 0.29) is 5.75 Å². The molecule has 0 radical (unpaired) electrons. The van der Waals surface area contributed by atoms with Crippen molar-refractivity contribution in [1.29, 1.82) is 0 Å². The second-order valence-electron chi connectivity index (χ2n) is 2.84. The third kappa shape index (κ3) is 2.56. The molecule has 1 rings (SSSR count). The summed E-state index contributed by atoms with van der Waals surface area (Å²) in [7, 11) is 0. The number of rotatable bonds is 4. The molecule has 3 N–H and O–H groups in total. The van der Waals surface area contributed by atoms with E-state index in [4.69, 9.17) is 10.8 Å². The lowest BCUT2D eigenvalue weighted by atomic mass is 10.1. The van der Waals surface area contributed by atoms with E-state index in [1.165, 1.54) is 0 Å². The summed E-state index contributed by atoms with van der Waals surface area (Å²) in [5.74, 6) is -2.87. The summed E-state index contributed by atoms with van der Waals surface area (Å²) in [5.41, 5.74) is 3.88. The molecular formula is C9H8F3NO3. The lowest BCUT2D eigenvalue weighted by Gasteiger charge is -2.10. The Bertz CT molecular complexity index is 409. The summed E-state index contributed by atoms with van der Waals surface area (Å²) >= 11 is 0. The Morgan fingerprint density at radius 1 is 1.50 bits per heavy atom. The van der Waals surface area contributed by atoms with E-state index in [1.54, 1.807) is 0 Å². The number of benzene rings is 1. The van der Waals surface area contributed by atoms with E-state index in [9.17, 15) is 18.0 Å². The van der Waals surface area contributed by atoms with Crippen molar-refractivity contribution >= 4 is 11.7 Å². The van der Waals surface area contributed by atoms with Gasteiger partial charge < -0.3 is 15.6 Å². The van der Waals surface area contributed by atoms with Crippen molar-refractivity contribution in [1.82, 2.24) is 0 Å². The van der Waals surface area contributed by atoms with E-state index in [0.717, 1.165) is 12.1 Å². The highest BCUT2D eigenvalue weighted by Gasteiger charge is 2.19. The Kier molecular flexibility index (Phi) is 3.60. The summed E-state index contributed by atoms with van der Waals surface area (Å²) in [5, 5.41) is 8.72. The van der Waals surface area contributed by atoms with Crippen molar-refractivity contribution < 1.29 is 27.8 Å². The highest BCUT2D eigenvalue weighted by Crippen LogP contribution is 2.27. The molecule has 0 heterocycles. The van der Waals surface area contributed by atoms with Crippen LogP contribution in [0.1, 0.15) is 10.4 Å². The van der Waals surface area contributed by atoms with Crippen LogP contribution in [0.4, 0.5) is 18.9 Å². The van der Waals surface area contributed by atoms with Gasteiger partial charge in [-0.2, -0.15) is 0 Å². The van der Waals surface area contributed by atoms with Gasteiger partial charge in [-0.05, 0) is 12.1 Å². The fraction of sp³-hybridized carbons (Fsp3) is 0.222. The molecule has 1 aromatic carbocycles. The van der Waals surface area contributed by atoms with Crippen molar-refractivity contribution in [2.45, 2.75) is 6.43 Å². The van der Waals surface area contributed by atoms with Crippen molar-refractivity contribution in [3.05, 3.63) is 23.5 Å². The van der Waals surface area contributed by atoms with E-state index in [1.807, 2.05) is 0 Å². The third-order valence-electron chi connectivity index (χ3n) is 1.73. The second kappa shape index (κ2) is 4.73. The van der Waals surface area contributed by atoms with Crippen molar-refractivity contribution in [3.8, 4) is 5.75 Å². The van der Waals surface area contributed by atoms with Crippen LogP contribution in [0.15, 0.2) is 12.1 Å². The molecule has 0 aliphatic rings. The maximum atomic E-state index is 12.9. The van der Waals surface area contributed by atoms with Crippen LogP contribution in [0, 0.1) is 5.82 Å². The fourth-order valence-electron chi connectivity index (χ4n) is 1.07. The Hall–Kier alpha value is -1.92. The van der Waals surface area contributed by atoms with Gasteiger partial charge in [0.05, 0.1) is 5.69 Å². The zero-order valence-corrected chi connectivity index (χ0v) is 7.91. The van der Waals surface area contributed by atoms with Crippen LogP contribution in [0.25, 0.3) is 0 Å². The smallest absolute Gasteiger partial charge is 0.341 e. The van der Waals surface area contributed by atoms with E-state index >= 15 is 0 Å². The number of hydrogen-bond acceptors (Lipinski definition) is 3. The standard InChI is InChI=1S/C9H8F3NO3/c10-4-1-2-5(16-3-6(11)12)7(8(4)13)9(14)15/h1-2,6H,3,13H2,(H,14,15). The fourth-order valence-corrected chi connectivity index (χ4v) is 1.07. The van der Waals surface area contributed by atoms with Crippen LogP contribution in [-0.4, -0.2) is 24.1 Å². The van der Waals surface area contributed by atoms with Gasteiger partial charge in [0.1, 0.15) is 23.7 Å². The first kappa shape index (κ1) is 12.2. The first-order valence-electron chi connectivity index (χ1n) is 4.15. The molecule has 16 heavy (non-hydrogen) atoms. The van der Waals surface area contributed by atoms with Crippen LogP contribution in [0.3, 0.4) is 0 Å². The largest absolute Gasteiger partial charge is 0.487 e. The van der Waals surface area contributed by atoms with Gasteiger partial charge in [-0.1, -0.05) is 0 Å². The van der Waals surface area contributed by atoms with Crippen molar-refractivity contribution in [2.75, 3.05) is 12.3 Å². The molecule has 0 aromatic heterocycles. The number of alkyl halides is 2. The van der Waals surface area contributed by atoms with Gasteiger partial charge in [0, 0.05) is 0 Å². The highest BCUT2D eigenvalue weighted by molar-refractivity contribution is 5.96. The minimum absolute atomic E-state index is 0.383. The Morgan fingerprint density at radius 3 is 2.62 bits per heavy atom. The minimum Gasteiger partial charge on any atom is -0.487 e. The molecule has 4 nitrogen and oxygen atoms in total. The third-order valence-corrected chi connectivity index (χ3v) is 1.73. The summed E-state index contributed by atoms with van der Waals surface area (Å²) in [6.07, 6.45) is -2.76. The molecule has 0 saturated carbocycles. The predicted molar refractivity (Wildman–Crippen MR) is 49.3 cm³/mol. The molecule has 0 bridgehead atoms. The summed E-state index contributed by atoms with van der Waals surface area (Å²) in [6, 6.07) is 1.79. The summed E-state index contributed by atoms with van der Waals surface area (Å²) in [6.45, 7) is -0.981. The highest BCUT2D eigenvalue weighted by atomic mass is 19.3. The number of carboxylic acids is 1. The Morgan fingerprint density at radius 2 is 2.12 bits per heavy atom. The van der Waals surface area contributed by atoms with E-state index in [2.05, 4.69) is 4.74 Å². The summed E-state index contributed by atoms with van der Waals surface area (Å²) < 4.78 is 41.2. The molecule has 1 aromatic rings. The van der Waals surface area contributed by atoms with E-state index < -0.39 is 36.1 Å². The molecule has 0 atom stereocenters. The number of nitrogens with two attached hydrogens (primary N) is 1. The SMILES string of the molecule is Nc1c(F)ccc(OCC(F)F)c1C(=O)O. The molecule has 0 aliphatic heterocycles. The van der Waals surface area contributed by atoms with Crippen LogP contribution >= 0.6 is 0 Å². The maximum Gasteiger partial charge on any atom is 0.341 e. The quantitative estimate of drug-likeness (QED) is 0.780. The predicted octanol–water partition coefficient (Wildman–Crippen LogP) is 1.75. The maximum absolute atomic E-state index is 12.9. The second-order valence-corrected chi connectivity index (χ2v) is 2.84. The lowest BCUT2D eigenvalue weighted by molar-refractivity contribution is 0.0665. The van der Waals surface area contributed by atoms with Crippen LogP contribution in [0.2, 0.25) is 0 Å². The molecule has 0 unspecified atom stereocenters. The molecule has 88 valence electrons. The van der Waals surface area contributed by atoms with Gasteiger partial charge in [0.25, 0.3) is 6.43 Å². The molecule has 7 heteroatoms. The van der Waals surface area contributed by atoms with Crippen molar-refractivity contribution in [2.24, 2.45) is 0 Å². The molecule has 0 amide bonds. The molecular weight excluding hydrogens is 227 g/mol. The Labute approximate surface area is 88.4 Å². The average molecular weight is 235 g/mol. The average Bonchev–Trinajstić information content (AvgIpc) is 2.19. The molecule has 0 fully saturated rings. The summed E-state index contributed by atoms with van der Waals surface area (Å²) in [4.78, 5) is 10.7. The van der Waals surface area contributed by atoms with Crippen LogP contribution in [-0.2, 0) is 0 Å². The minimum atomic E-state index is -2.76. The normalized spacial score (nSPS) is 10.5. The first-order valence-corrected chi connectivity index (χ1v) is 4.15. The monoisotopic (exact) mass is 235 g/mol. The first-order chi connectivity index (χ1) is 7.43. The number of anilines is 1. The number of aromatic carboxylic acids is 1. The van der Waals surface area contributed by atoms with Gasteiger partial charge in [-0.15, -0.1) is 0 Å². The molecule has 0 spiro atoms. The number of hydrogen-bond donors (Lipinski definition) is 2. The zero-order valence-electron chi connectivity index (χ0n) is 7.91. The van der Waals surface area contributed by atoms with Crippen LogP contribution < -0.4 is 10.5 Å². The van der Waals surface area contributed by atoms with Gasteiger partial charge in [-0.3, -0.25) is 0 Å². The number of halogens is 3. The lowest BCUT2D eigenvalue weighted by Crippen LogP contribution is -2.12. The number of carbonyl (C=O) groups is 1. The van der Waals surface area contributed by atoms with Gasteiger partial charge in [0.2, 0.25) is 0 Å². The topological polar surface area (TPSA) is 72.5 Å². The number of nitrogen functional groups attached to an aromatic ring is 1. The number of carboxylic acid groups (broad SMARTS) is 1. The van der Waals surface area contributed by atoms with E-state index in [0.29, 0.717) is 0 Å². The van der Waals surface area contributed by atoms with Gasteiger partial charge in [0.15, 0.2) is 0 Å². The molecule has 0 aliphatic carbocycles. The van der Waals surface area contributed by atoms with Gasteiger partial charge >= 0.3 is 5.97 Å². The van der Waals surface area contributed by atoms with Gasteiger partial charge in [-0.25, -0.2) is 18.0 Å². The van der Waals surface area contributed by atoms with Crippen LogP contribution in [0.5, 0.6) is 5.75 Å². The Balaban J connectivity index is 3.08. The zero-order chi connectivity index (χ0) is 12.3. The number of ether oxygens (including phenoxy) is 1. The molecule has 0 saturated heterocycles.